The van der Waals surface area contributed by atoms with Crippen molar-refractivity contribution in [2.24, 2.45) is 0 Å². The molecular weight excluding hydrogens is 296 g/mol. The first-order valence-corrected chi connectivity index (χ1v) is 8.56. The van der Waals surface area contributed by atoms with E-state index >= 15 is 0 Å². The van der Waals surface area contributed by atoms with Gasteiger partial charge in [0.15, 0.2) is 0 Å². The van der Waals surface area contributed by atoms with E-state index in [2.05, 4.69) is 43.1 Å². The van der Waals surface area contributed by atoms with Gasteiger partial charge in [0.05, 0.1) is 0 Å². The first kappa shape index (κ1) is 15.0. The fourth-order valence-electron chi connectivity index (χ4n) is 3.40. The van der Waals surface area contributed by atoms with Gasteiger partial charge in [0.2, 0.25) is 0 Å². The van der Waals surface area contributed by atoms with Crippen LogP contribution in [0.1, 0.15) is 40.0 Å². The molecule has 1 heterocycles. The molecule has 1 aromatic heterocycles. The van der Waals surface area contributed by atoms with Crippen LogP contribution in [-0.2, 0) is 6.54 Å². The lowest BCUT2D eigenvalue weighted by atomic mass is 10.1. The molecule has 0 atom stereocenters. The van der Waals surface area contributed by atoms with Crippen molar-refractivity contribution >= 4 is 16.8 Å². The van der Waals surface area contributed by atoms with Crippen LogP contribution in [0.4, 0.5) is 0 Å². The number of amides is 1. The number of carbonyl (C=O) groups excluding carboxylic acids is 1. The Morgan fingerprint density at radius 1 is 1.12 bits per heavy atom. The van der Waals surface area contributed by atoms with Crippen molar-refractivity contribution in [1.82, 2.24) is 9.88 Å². The van der Waals surface area contributed by atoms with E-state index in [0.29, 0.717) is 18.3 Å². The van der Waals surface area contributed by atoms with E-state index in [1.807, 2.05) is 29.2 Å². The first-order chi connectivity index (χ1) is 11.6. The van der Waals surface area contributed by atoms with E-state index < -0.39 is 0 Å². The predicted molar refractivity (Wildman–Crippen MR) is 97.1 cm³/mol. The van der Waals surface area contributed by atoms with Crippen molar-refractivity contribution in [3.05, 3.63) is 70.9 Å². The summed E-state index contributed by atoms with van der Waals surface area (Å²) < 4.78 is 0. The second-order valence-electron chi connectivity index (χ2n) is 6.88. The Kier molecular flexibility index (Phi) is 3.64. The highest BCUT2D eigenvalue weighted by Crippen LogP contribution is 2.31. The van der Waals surface area contributed by atoms with Gasteiger partial charge in [0, 0.05) is 23.5 Å². The van der Waals surface area contributed by atoms with Gasteiger partial charge in [0.25, 0.3) is 5.91 Å². The Hall–Kier alpha value is -2.55. The number of nitrogens with one attached hydrogen (secondary N) is 1. The molecule has 122 valence electrons. The van der Waals surface area contributed by atoms with Gasteiger partial charge in [0.1, 0.15) is 5.69 Å². The van der Waals surface area contributed by atoms with Gasteiger partial charge in [-0.05, 0) is 55.5 Å². The van der Waals surface area contributed by atoms with Crippen LogP contribution in [0, 0.1) is 13.8 Å². The Balaban J connectivity index is 1.66. The van der Waals surface area contributed by atoms with Crippen molar-refractivity contribution in [3.8, 4) is 0 Å². The summed E-state index contributed by atoms with van der Waals surface area (Å²) in [7, 11) is 0. The van der Waals surface area contributed by atoms with Crippen LogP contribution in [0.5, 0.6) is 0 Å². The van der Waals surface area contributed by atoms with E-state index in [9.17, 15) is 4.79 Å². The summed E-state index contributed by atoms with van der Waals surface area (Å²) in [6.45, 7) is 4.86. The summed E-state index contributed by atoms with van der Waals surface area (Å²) in [5.74, 6) is 0.106. The quantitative estimate of drug-likeness (QED) is 0.750. The summed E-state index contributed by atoms with van der Waals surface area (Å²) in [5, 5.41) is 1.14. The third-order valence-corrected chi connectivity index (χ3v) is 4.76. The number of fused-ring (bicyclic) bond motifs is 1. The third-order valence-electron chi connectivity index (χ3n) is 4.76. The van der Waals surface area contributed by atoms with Gasteiger partial charge in [-0.15, -0.1) is 0 Å². The SMILES string of the molecule is Cc1cc(C)c2cc(C(=O)N(Cc3ccccc3)C3CC3)[nH]c2c1. The molecule has 1 aliphatic rings. The second-order valence-corrected chi connectivity index (χ2v) is 6.88. The van der Waals surface area contributed by atoms with Crippen molar-refractivity contribution < 1.29 is 4.79 Å². The topological polar surface area (TPSA) is 36.1 Å². The zero-order valence-corrected chi connectivity index (χ0v) is 14.2. The number of aromatic nitrogens is 1. The monoisotopic (exact) mass is 318 g/mol. The number of aromatic amines is 1. The Morgan fingerprint density at radius 3 is 2.58 bits per heavy atom. The van der Waals surface area contributed by atoms with Gasteiger partial charge in [-0.2, -0.15) is 0 Å². The molecule has 24 heavy (non-hydrogen) atoms. The number of benzene rings is 2. The normalized spacial score (nSPS) is 14.1. The first-order valence-electron chi connectivity index (χ1n) is 8.56. The number of nitrogens with zero attached hydrogens (tertiary/aromatic N) is 1. The van der Waals surface area contributed by atoms with Crippen molar-refractivity contribution in [2.75, 3.05) is 0 Å². The minimum Gasteiger partial charge on any atom is -0.351 e. The molecular formula is C21H22N2O. The third kappa shape index (κ3) is 2.82. The Morgan fingerprint density at radius 2 is 1.88 bits per heavy atom. The van der Waals surface area contributed by atoms with Gasteiger partial charge in [-0.25, -0.2) is 0 Å². The zero-order valence-electron chi connectivity index (χ0n) is 14.2. The highest BCUT2D eigenvalue weighted by molar-refractivity contribution is 5.99. The number of carbonyl (C=O) groups is 1. The number of H-pyrrole nitrogens is 1. The molecule has 0 spiro atoms. The molecule has 2 aromatic carbocycles. The molecule has 3 nitrogen and oxygen atoms in total. The van der Waals surface area contributed by atoms with Gasteiger partial charge >= 0.3 is 0 Å². The molecule has 0 bridgehead atoms. The average Bonchev–Trinajstić information content (AvgIpc) is 3.32. The maximum atomic E-state index is 13.1. The molecule has 0 radical (unpaired) electrons. The second kappa shape index (κ2) is 5.82. The lowest BCUT2D eigenvalue weighted by molar-refractivity contribution is 0.0725. The molecule has 4 rings (SSSR count). The summed E-state index contributed by atoms with van der Waals surface area (Å²) in [4.78, 5) is 18.4. The fourth-order valence-corrected chi connectivity index (χ4v) is 3.40. The largest absolute Gasteiger partial charge is 0.351 e. The highest BCUT2D eigenvalue weighted by atomic mass is 16.2. The maximum Gasteiger partial charge on any atom is 0.270 e. The van der Waals surface area contributed by atoms with Crippen LogP contribution >= 0.6 is 0 Å². The van der Waals surface area contributed by atoms with Gasteiger partial charge in [-0.3, -0.25) is 4.79 Å². The van der Waals surface area contributed by atoms with Crippen molar-refractivity contribution in [3.63, 3.8) is 0 Å². The molecule has 1 amide bonds. The molecule has 0 saturated heterocycles. The molecule has 3 aromatic rings. The summed E-state index contributed by atoms with van der Waals surface area (Å²) in [6.07, 6.45) is 2.22. The van der Waals surface area contributed by atoms with E-state index in [-0.39, 0.29) is 5.91 Å². The summed E-state index contributed by atoms with van der Waals surface area (Å²) in [6, 6.07) is 16.9. The van der Waals surface area contributed by atoms with Crippen molar-refractivity contribution in [2.45, 2.75) is 39.3 Å². The lowest BCUT2D eigenvalue weighted by Gasteiger charge is -2.22. The van der Waals surface area contributed by atoms with Crippen LogP contribution in [-0.4, -0.2) is 21.8 Å². The van der Waals surface area contributed by atoms with Crippen LogP contribution in [0.3, 0.4) is 0 Å². The summed E-state index contributed by atoms with van der Waals surface area (Å²) in [5.41, 5.74) is 5.35. The van der Waals surface area contributed by atoms with Gasteiger partial charge in [-0.1, -0.05) is 36.4 Å². The molecule has 1 aliphatic carbocycles. The Labute approximate surface area is 142 Å². The average molecular weight is 318 g/mol. The highest BCUT2D eigenvalue weighted by Gasteiger charge is 2.33. The minimum absolute atomic E-state index is 0.106. The van der Waals surface area contributed by atoms with Gasteiger partial charge < -0.3 is 9.88 Å². The summed E-state index contributed by atoms with van der Waals surface area (Å²) >= 11 is 0. The van der Waals surface area contributed by atoms with E-state index in [1.54, 1.807) is 0 Å². The lowest BCUT2D eigenvalue weighted by Crippen LogP contribution is -2.32. The number of aryl methyl sites for hydroxylation is 2. The smallest absolute Gasteiger partial charge is 0.270 e. The minimum atomic E-state index is 0.106. The molecule has 1 N–H and O–H groups in total. The van der Waals surface area contributed by atoms with Crippen LogP contribution < -0.4 is 0 Å². The van der Waals surface area contributed by atoms with Crippen LogP contribution in [0.2, 0.25) is 0 Å². The number of rotatable bonds is 4. The maximum absolute atomic E-state index is 13.1. The molecule has 3 heteroatoms. The molecule has 0 unspecified atom stereocenters. The predicted octanol–water partition coefficient (Wildman–Crippen LogP) is 4.59. The molecule has 1 saturated carbocycles. The Bertz CT molecular complexity index is 891. The van der Waals surface area contributed by atoms with Crippen LogP contribution in [0.15, 0.2) is 48.5 Å². The molecule has 0 aliphatic heterocycles. The fraction of sp³-hybridized carbons (Fsp3) is 0.286. The number of hydrogen-bond donors (Lipinski definition) is 1. The van der Waals surface area contributed by atoms with Crippen molar-refractivity contribution in [1.29, 1.82) is 0 Å². The van der Waals surface area contributed by atoms with E-state index in [4.69, 9.17) is 0 Å². The standard InChI is InChI=1S/C21H22N2O/c1-14-10-15(2)18-12-20(22-19(18)11-14)21(24)23(17-8-9-17)13-16-6-4-3-5-7-16/h3-7,10-12,17,22H,8-9,13H2,1-2H3. The molecule has 1 fully saturated rings. The zero-order chi connectivity index (χ0) is 16.7. The van der Waals surface area contributed by atoms with E-state index in [0.717, 1.165) is 23.7 Å². The van der Waals surface area contributed by atoms with E-state index in [1.165, 1.54) is 16.7 Å². The number of hydrogen-bond acceptors (Lipinski definition) is 1. The van der Waals surface area contributed by atoms with Crippen LogP contribution in [0.25, 0.3) is 10.9 Å².